The molecule has 0 saturated heterocycles. The number of hydrogen-bond donors (Lipinski definition) is 0. The Bertz CT molecular complexity index is 1020. The third-order valence-electron chi connectivity index (χ3n) is 4.09. The fourth-order valence-corrected chi connectivity index (χ4v) is 3.93. The first-order valence-corrected chi connectivity index (χ1v) is 11.4. The fraction of sp³-hybridized carbons (Fsp3) is 0.263. The smallest absolute Gasteiger partial charge is 0.304 e. The Labute approximate surface area is 187 Å². The van der Waals surface area contributed by atoms with Crippen LogP contribution in [0.2, 0.25) is 5.15 Å². The van der Waals surface area contributed by atoms with Gasteiger partial charge in [-0.1, -0.05) is 35.1 Å². The van der Waals surface area contributed by atoms with Gasteiger partial charge in [0.05, 0.1) is 24.1 Å². The van der Waals surface area contributed by atoms with Gasteiger partial charge in [-0.3, -0.25) is 4.79 Å². The summed E-state index contributed by atoms with van der Waals surface area (Å²) in [5.74, 6) is -0.199. The van der Waals surface area contributed by atoms with E-state index >= 15 is 0 Å². The van der Waals surface area contributed by atoms with Crippen molar-refractivity contribution in [2.24, 2.45) is 0 Å². The Balaban J connectivity index is 2.48. The zero-order valence-electron chi connectivity index (χ0n) is 16.6. The van der Waals surface area contributed by atoms with Crippen LogP contribution < -0.4 is 4.74 Å². The van der Waals surface area contributed by atoms with Gasteiger partial charge in [0.25, 0.3) is 0 Å². The quantitative estimate of drug-likeness (QED) is 0.223. The van der Waals surface area contributed by atoms with Crippen molar-refractivity contribution >= 4 is 41.1 Å². The number of thioether (sulfide) groups is 2. The Hall–Kier alpha value is -2.43. The van der Waals surface area contributed by atoms with Crippen molar-refractivity contribution in [2.75, 3.05) is 19.6 Å². The zero-order valence-corrected chi connectivity index (χ0v) is 19.0. The number of nitrogens with zero attached hydrogens (tertiary/aromatic N) is 5. The van der Waals surface area contributed by atoms with Gasteiger partial charge < -0.3 is 9.47 Å². The van der Waals surface area contributed by atoms with Crippen LogP contribution in [0.15, 0.2) is 47.1 Å². The molecule has 0 aromatic carbocycles. The molecule has 0 aliphatic carbocycles. The second-order valence-corrected chi connectivity index (χ2v) is 7.72. The van der Waals surface area contributed by atoms with E-state index in [0.29, 0.717) is 33.0 Å². The monoisotopic (exact) mass is 463 g/mol. The van der Waals surface area contributed by atoms with Crippen LogP contribution in [0.5, 0.6) is 5.75 Å². The van der Waals surface area contributed by atoms with E-state index in [1.807, 2.05) is 12.5 Å². The predicted octanol–water partition coefficient (Wildman–Crippen LogP) is 3.62. The van der Waals surface area contributed by atoms with Crippen molar-refractivity contribution in [3.05, 3.63) is 58.9 Å². The number of ether oxygens (including phenoxy) is 2. The molecule has 3 rings (SSSR count). The SMILES string of the molecule is COc1ccnc(Cl)c1C(OC(C)=O)(c1ccnc(SC)n1)c1ccnc(SC)n1. The second-order valence-electron chi connectivity index (χ2n) is 5.81. The lowest BCUT2D eigenvalue weighted by Gasteiger charge is -2.33. The highest BCUT2D eigenvalue weighted by molar-refractivity contribution is 7.98. The second kappa shape index (κ2) is 9.59. The summed E-state index contributed by atoms with van der Waals surface area (Å²) in [5.41, 5.74) is -0.614. The van der Waals surface area contributed by atoms with E-state index in [9.17, 15) is 4.79 Å². The van der Waals surface area contributed by atoms with Gasteiger partial charge in [-0.2, -0.15) is 0 Å². The summed E-state index contributed by atoms with van der Waals surface area (Å²) in [4.78, 5) is 34.2. The summed E-state index contributed by atoms with van der Waals surface area (Å²) in [7, 11) is 1.49. The minimum atomic E-state index is -1.64. The van der Waals surface area contributed by atoms with Crippen molar-refractivity contribution < 1.29 is 14.3 Å². The van der Waals surface area contributed by atoms with Crippen LogP contribution in [0.25, 0.3) is 0 Å². The highest BCUT2D eigenvalue weighted by atomic mass is 35.5. The Morgan fingerprint density at radius 3 is 1.97 bits per heavy atom. The summed E-state index contributed by atoms with van der Waals surface area (Å²) in [6.07, 6.45) is 8.37. The molecule has 3 aromatic heterocycles. The lowest BCUT2D eigenvalue weighted by molar-refractivity contribution is -0.151. The number of pyridine rings is 1. The van der Waals surface area contributed by atoms with Crippen LogP contribution in [0.1, 0.15) is 23.9 Å². The number of hydrogen-bond acceptors (Lipinski definition) is 10. The van der Waals surface area contributed by atoms with E-state index < -0.39 is 11.6 Å². The van der Waals surface area contributed by atoms with Crippen LogP contribution in [0, 0.1) is 0 Å². The largest absolute Gasteiger partial charge is 0.496 e. The molecule has 3 aromatic rings. The average Bonchev–Trinajstić information content (AvgIpc) is 2.77. The first-order valence-electron chi connectivity index (χ1n) is 8.59. The molecule has 0 radical (unpaired) electrons. The van der Waals surface area contributed by atoms with Crippen molar-refractivity contribution in [1.29, 1.82) is 0 Å². The van der Waals surface area contributed by atoms with E-state index in [-0.39, 0.29) is 5.15 Å². The molecule has 0 saturated carbocycles. The van der Waals surface area contributed by atoms with Gasteiger partial charge >= 0.3 is 5.97 Å². The topological polar surface area (TPSA) is 100.0 Å². The molecule has 0 N–H and O–H groups in total. The molecular weight excluding hydrogens is 446 g/mol. The first-order chi connectivity index (χ1) is 14.5. The lowest BCUT2D eigenvalue weighted by Crippen LogP contribution is -2.37. The van der Waals surface area contributed by atoms with Crippen molar-refractivity contribution in [3.8, 4) is 5.75 Å². The molecule has 30 heavy (non-hydrogen) atoms. The summed E-state index contributed by atoms with van der Waals surface area (Å²) in [6.45, 7) is 1.30. The Morgan fingerprint density at radius 2 is 1.50 bits per heavy atom. The molecule has 0 spiro atoms. The molecule has 0 bridgehead atoms. The van der Waals surface area contributed by atoms with E-state index in [4.69, 9.17) is 21.1 Å². The lowest BCUT2D eigenvalue weighted by atomic mass is 9.86. The number of esters is 1. The summed E-state index contributed by atoms with van der Waals surface area (Å²) < 4.78 is 11.5. The van der Waals surface area contributed by atoms with E-state index in [1.165, 1.54) is 43.8 Å². The maximum Gasteiger partial charge on any atom is 0.304 e. The van der Waals surface area contributed by atoms with Crippen molar-refractivity contribution in [2.45, 2.75) is 22.8 Å². The maximum atomic E-state index is 12.4. The van der Waals surface area contributed by atoms with Crippen molar-refractivity contribution in [3.63, 3.8) is 0 Å². The standard InChI is InChI=1S/C19H18ClN5O3S2/c1-11(26)28-19(13-6-9-22-17(24-13)29-3,14-7-10-23-18(25-14)30-4)15-12(27-2)5-8-21-16(15)20/h5-10H,1-4H3. The normalized spacial score (nSPS) is 11.2. The van der Waals surface area contributed by atoms with E-state index in [0.717, 1.165) is 0 Å². The number of aromatic nitrogens is 5. The third-order valence-corrected chi connectivity index (χ3v) is 5.50. The Morgan fingerprint density at radius 1 is 0.967 bits per heavy atom. The van der Waals surface area contributed by atoms with E-state index in [1.54, 1.807) is 30.6 Å². The van der Waals surface area contributed by atoms with Gasteiger partial charge in [-0.05, 0) is 30.7 Å². The summed E-state index contributed by atoms with van der Waals surface area (Å²) in [6, 6.07) is 4.92. The molecule has 0 aliphatic rings. The molecule has 0 aliphatic heterocycles. The van der Waals surface area contributed by atoms with Crippen LogP contribution in [-0.4, -0.2) is 50.5 Å². The molecule has 0 atom stereocenters. The number of halogens is 1. The Kier molecular flexibility index (Phi) is 7.11. The summed E-state index contributed by atoms with van der Waals surface area (Å²) >= 11 is 9.24. The molecule has 0 fully saturated rings. The predicted molar refractivity (Wildman–Crippen MR) is 115 cm³/mol. The van der Waals surface area contributed by atoms with Crippen LogP contribution in [0.4, 0.5) is 0 Å². The average molecular weight is 464 g/mol. The van der Waals surface area contributed by atoms with Gasteiger partial charge in [-0.15, -0.1) is 0 Å². The van der Waals surface area contributed by atoms with Gasteiger partial charge in [0, 0.05) is 25.5 Å². The molecule has 11 heteroatoms. The first kappa shape index (κ1) is 22.3. The zero-order chi connectivity index (χ0) is 21.7. The fourth-order valence-electron chi connectivity index (χ4n) is 2.94. The van der Waals surface area contributed by atoms with Crippen molar-refractivity contribution in [1.82, 2.24) is 24.9 Å². The highest BCUT2D eigenvalue weighted by Gasteiger charge is 2.47. The van der Waals surface area contributed by atoms with Gasteiger partial charge in [0.2, 0.25) is 5.60 Å². The van der Waals surface area contributed by atoms with E-state index in [2.05, 4.69) is 24.9 Å². The third kappa shape index (κ3) is 4.21. The van der Waals surface area contributed by atoms with Crippen LogP contribution in [-0.2, 0) is 15.1 Å². The highest BCUT2D eigenvalue weighted by Crippen LogP contribution is 2.46. The van der Waals surface area contributed by atoms with Gasteiger partial charge in [-0.25, -0.2) is 24.9 Å². The number of rotatable bonds is 7. The summed E-state index contributed by atoms with van der Waals surface area (Å²) in [5, 5.41) is 1.06. The minimum absolute atomic E-state index is 0.0872. The minimum Gasteiger partial charge on any atom is -0.496 e. The number of carbonyl (C=O) groups excluding carboxylic acids is 1. The molecule has 3 heterocycles. The van der Waals surface area contributed by atoms with Gasteiger partial charge in [0.15, 0.2) is 10.3 Å². The molecular formula is C19H18ClN5O3S2. The molecule has 156 valence electrons. The molecule has 0 amide bonds. The maximum absolute atomic E-state index is 12.4. The molecule has 0 unspecified atom stereocenters. The molecule has 8 nitrogen and oxygen atoms in total. The van der Waals surface area contributed by atoms with Gasteiger partial charge in [0.1, 0.15) is 10.9 Å². The van der Waals surface area contributed by atoms with Crippen LogP contribution >= 0.6 is 35.1 Å². The number of carbonyl (C=O) groups is 1. The number of methoxy groups -OCH3 is 1. The van der Waals surface area contributed by atoms with Crippen LogP contribution in [0.3, 0.4) is 0 Å².